The Morgan fingerprint density at radius 1 is 1.04 bits per heavy atom. The number of amides is 1. The van der Waals surface area contributed by atoms with E-state index in [4.69, 9.17) is 0 Å². The van der Waals surface area contributed by atoms with Crippen LogP contribution in [-0.4, -0.2) is 37.0 Å². The van der Waals surface area contributed by atoms with Crippen molar-refractivity contribution >= 4 is 17.2 Å². The zero-order chi connectivity index (χ0) is 15.9. The smallest absolute Gasteiger partial charge is 0.252 e. The van der Waals surface area contributed by atoms with Crippen LogP contribution in [0.25, 0.3) is 0 Å². The zero-order valence-corrected chi connectivity index (χ0v) is 15.1. The fourth-order valence-electron chi connectivity index (χ4n) is 3.82. The lowest BCUT2D eigenvalue weighted by Gasteiger charge is -2.19. The van der Waals surface area contributed by atoms with E-state index in [1.807, 2.05) is 0 Å². The van der Waals surface area contributed by atoms with Crippen molar-refractivity contribution in [2.75, 3.05) is 26.2 Å². The zero-order valence-electron chi connectivity index (χ0n) is 14.2. The highest BCUT2D eigenvalue weighted by Gasteiger charge is 2.19. The van der Waals surface area contributed by atoms with E-state index in [1.165, 1.54) is 74.9 Å². The summed E-state index contributed by atoms with van der Waals surface area (Å²) in [6.45, 7) is 4.42. The Kier molecular flexibility index (Phi) is 6.52. The minimum atomic E-state index is 0.153. The summed E-state index contributed by atoms with van der Waals surface area (Å²) in [5.74, 6) is 0.153. The summed E-state index contributed by atoms with van der Waals surface area (Å²) < 4.78 is 0. The minimum absolute atomic E-state index is 0.153. The van der Waals surface area contributed by atoms with Crippen LogP contribution in [0, 0.1) is 0 Å². The summed E-state index contributed by atoms with van der Waals surface area (Å²) in [5, 5.41) is 5.24. The molecular weight excluding hydrogens is 304 g/mol. The fraction of sp³-hybridized carbons (Fsp3) is 0.737. The van der Waals surface area contributed by atoms with Gasteiger partial charge in [0.25, 0.3) is 5.91 Å². The molecule has 0 aromatic carbocycles. The first-order chi connectivity index (χ1) is 11.3. The number of aryl methyl sites for hydroxylation is 1. The van der Waals surface area contributed by atoms with Gasteiger partial charge in [-0.2, -0.15) is 0 Å². The van der Waals surface area contributed by atoms with Crippen LogP contribution in [0.5, 0.6) is 0 Å². The number of rotatable bonds is 5. The van der Waals surface area contributed by atoms with Gasteiger partial charge in [0.1, 0.15) is 0 Å². The molecule has 0 spiro atoms. The average molecular weight is 335 g/mol. The van der Waals surface area contributed by atoms with Gasteiger partial charge < -0.3 is 10.2 Å². The molecular formula is C19H30N2OS. The van der Waals surface area contributed by atoms with E-state index in [1.54, 1.807) is 11.3 Å². The highest BCUT2D eigenvalue weighted by molar-refractivity contribution is 7.10. The van der Waals surface area contributed by atoms with Crippen molar-refractivity contribution in [3.05, 3.63) is 21.4 Å². The molecule has 0 radical (unpaired) electrons. The van der Waals surface area contributed by atoms with Crippen molar-refractivity contribution in [3.8, 4) is 0 Å². The lowest BCUT2D eigenvalue weighted by atomic mass is 10.1. The maximum atomic E-state index is 12.5. The van der Waals surface area contributed by atoms with E-state index in [-0.39, 0.29) is 5.91 Å². The van der Waals surface area contributed by atoms with Crippen molar-refractivity contribution in [1.82, 2.24) is 10.2 Å². The summed E-state index contributed by atoms with van der Waals surface area (Å²) in [4.78, 5) is 16.5. The predicted molar refractivity (Wildman–Crippen MR) is 97.4 cm³/mol. The van der Waals surface area contributed by atoms with Crippen molar-refractivity contribution < 1.29 is 4.79 Å². The van der Waals surface area contributed by atoms with E-state index in [9.17, 15) is 4.79 Å². The number of thiophene rings is 1. The van der Waals surface area contributed by atoms with Gasteiger partial charge in [-0.15, -0.1) is 11.3 Å². The van der Waals surface area contributed by atoms with E-state index in [0.717, 1.165) is 31.5 Å². The molecule has 1 aliphatic carbocycles. The number of hydrogen-bond acceptors (Lipinski definition) is 3. The van der Waals surface area contributed by atoms with Crippen LogP contribution in [0.3, 0.4) is 0 Å². The Balaban J connectivity index is 1.43. The number of nitrogens with zero attached hydrogens (tertiary/aromatic N) is 1. The second kappa shape index (κ2) is 8.84. The molecule has 0 atom stereocenters. The quantitative estimate of drug-likeness (QED) is 0.652. The van der Waals surface area contributed by atoms with Gasteiger partial charge in [0.2, 0.25) is 0 Å². The molecule has 1 aromatic rings. The molecule has 0 bridgehead atoms. The van der Waals surface area contributed by atoms with Gasteiger partial charge in [-0.3, -0.25) is 4.79 Å². The number of nitrogens with one attached hydrogen (secondary N) is 1. The second-order valence-electron chi connectivity index (χ2n) is 6.98. The molecule has 23 heavy (non-hydrogen) atoms. The monoisotopic (exact) mass is 334 g/mol. The van der Waals surface area contributed by atoms with Crippen LogP contribution < -0.4 is 5.32 Å². The van der Waals surface area contributed by atoms with Crippen LogP contribution in [-0.2, 0) is 12.8 Å². The van der Waals surface area contributed by atoms with Crippen LogP contribution in [0.4, 0.5) is 0 Å². The lowest BCUT2D eigenvalue weighted by Crippen LogP contribution is -2.30. The van der Waals surface area contributed by atoms with Gasteiger partial charge >= 0.3 is 0 Å². The van der Waals surface area contributed by atoms with Crippen LogP contribution in [0.15, 0.2) is 5.38 Å². The molecule has 1 N–H and O–H groups in total. The molecule has 1 aromatic heterocycles. The first-order valence-electron chi connectivity index (χ1n) is 9.44. The molecule has 1 amide bonds. The van der Waals surface area contributed by atoms with Crippen molar-refractivity contribution in [3.63, 3.8) is 0 Å². The highest BCUT2D eigenvalue weighted by atomic mass is 32.1. The topological polar surface area (TPSA) is 32.3 Å². The summed E-state index contributed by atoms with van der Waals surface area (Å²) in [5.41, 5.74) is 2.30. The molecule has 1 aliphatic heterocycles. The third kappa shape index (κ3) is 4.80. The summed E-state index contributed by atoms with van der Waals surface area (Å²) in [6, 6.07) is 0. The van der Waals surface area contributed by atoms with Gasteiger partial charge in [0, 0.05) is 16.8 Å². The molecule has 1 fully saturated rings. The molecule has 0 saturated carbocycles. The first kappa shape index (κ1) is 17.0. The number of fused-ring (bicyclic) bond motifs is 1. The van der Waals surface area contributed by atoms with Crippen molar-refractivity contribution in [2.24, 2.45) is 0 Å². The van der Waals surface area contributed by atoms with Gasteiger partial charge in [-0.05, 0) is 70.1 Å². The molecule has 0 unspecified atom stereocenters. The Hall–Kier alpha value is -0.870. The summed E-state index contributed by atoms with van der Waals surface area (Å²) >= 11 is 1.79. The average Bonchev–Trinajstić information content (AvgIpc) is 2.76. The van der Waals surface area contributed by atoms with E-state index < -0.39 is 0 Å². The van der Waals surface area contributed by atoms with Gasteiger partial charge in [-0.1, -0.05) is 19.3 Å². The fourth-order valence-corrected chi connectivity index (χ4v) is 4.95. The third-order valence-electron chi connectivity index (χ3n) is 5.19. The number of carbonyl (C=O) groups is 1. The molecule has 3 rings (SSSR count). The number of carbonyl (C=O) groups excluding carboxylic acids is 1. The van der Waals surface area contributed by atoms with Crippen molar-refractivity contribution in [2.45, 2.75) is 64.2 Å². The summed E-state index contributed by atoms with van der Waals surface area (Å²) in [6.07, 6.45) is 12.6. The van der Waals surface area contributed by atoms with Gasteiger partial charge in [0.05, 0.1) is 5.56 Å². The Morgan fingerprint density at radius 3 is 2.61 bits per heavy atom. The molecule has 2 heterocycles. The SMILES string of the molecule is O=C(NCCCN1CCCCCC1)c1csc2c1CCCCC2. The second-order valence-corrected chi connectivity index (χ2v) is 7.94. The van der Waals surface area contributed by atoms with E-state index in [0.29, 0.717) is 0 Å². The molecule has 3 nitrogen and oxygen atoms in total. The highest BCUT2D eigenvalue weighted by Crippen LogP contribution is 2.29. The Morgan fingerprint density at radius 2 is 1.78 bits per heavy atom. The van der Waals surface area contributed by atoms with Gasteiger partial charge in [-0.25, -0.2) is 0 Å². The van der Waals surface area contributed by atoms with Crippen LogP contribution in [0.1, 0.15) is 72.2 Å². The predicted octanol–water partition coefficient (Wildman–Crippen LogP) is 4.01. The third-order valence-corrected chi connectivity index (χ3v) is 6.28. The van der Waals surface area contributed by atoms with E-state index >= 15 is 0 Å². The lowest BCUT2D eigenvalue weighted by molar-refractivity contribution is 0.0951. The number of likely N-dealkylation sites (tertiary alicyclic amines) is 1. The minimum Gasteiger partial charge on any atom is -0.352 e. The Labute approximate surface area is 144 Å². The Bertz CT molecular complexity index is 503. The molecule has 4 heteroatoms. The molecule has 2 aliphatic rings. The largest absolute Gasteiger partial charge is 0.352 e. The molecule has 128 valence electrons. The van der Waals surface area contributed by atoms with Gasteiger partial charge in [0.15, 0.2) is 0 Å². The maximum absolute atomic E-state index is 12.5. The van der Waals surface area contributed by atoms with E-state index in [2.05, 4.69) is 15.6 Å². The van der Waals surface area contributed by atoms with Crippen LogP contribution >= 0.6 is 11.3 Å². The first-order valence-corrected chi connectivity index (χ1v) is 10.3. The van der Waals surface area contributed by atoms with Crippen LogP contribution in [0.2, 0.25) is 0 Å². The van der Waals surface area contributed by atoms with Crippen molar-refractivity contribution in [1.29, 1.82) is 0 Å². The maximum Gasteiger partial charge on any atom is 0.252 e. The standard InChI is InChI=1S/C19H30N2OS/c22-19(17-15-23-18-10-5-3-4-9-16(17)18)20-11-8-14-21-12-6-1-2-7-13-21/h15H,1-14H2,(H,20,22). The normalized spacial score (nSPS) is 19.7. The molecule has 1 saturated heterocycles. The summed E-state index contributed by atoms with van der Waals surface area (Å²) in [7, 11) is 0. The number of hydrogen-bond donors (Lipinski definition) is 1.